The highest BCUT2D eigenvalue weighted by molar-refractivity contribution is 9.10. The number of aliphatic hydroxyl groups excluding tert-OH is 1. The Bertz CT molecular complexity index is 2050. The fraction of sp³-hybridized carbons (Fsp3) is 0.682. The third-order valence-electron chi connectivity index (χ3n) is 11.7. The summed E-state index contributed by atoms with van der Waals surface area (Å²) in [5, 5.41) is 16.9. The molecule has 0 radical (unpaired) electrons. The van der Waals surface area contributed by atoms with Crippen LogP contribution in [0.3, 0.4) is 0 Å². The summed E-state index contributed by atoms with van der Waals surface area (Å²) < 4.78 is 37.3. The molecule has 0 unspecified atom stereocenters. The molecule has 338 valence electrons. The molecule has 4 atom stereocenters. The molecule has 17 heteroatoms. The Labute approximate surface area is 369 Å². The summed E-state index contributed by atoms with van der Waals surface area (Å²) in [5.41, 5.74) is -3.65. The lowest BCUT2D eigenvalue weighted by molar-refractivity contribution is -0.0480. The molecule has 2 heterocycles. The summed E-state index contributed by atoms with van der Waals surface area (Å²) in [7, 11) is 0.750. The van der Waals surface area contributed by atoms with E-state index >= 15 is 9.59 Å². The number of unbranched alkanes of at least 4 members (excludes halogenated alkanes) is 2. The maximum atomic E-state index is 15.6. The van der Waals surface area contributed by atoms with Crippen molar-refractivity contribution in [3.05, 3.63) is 38.4 Å². The number of allylic oxidation sites excluding steroid dienone is 1. The number of hydrogen-bond acceptors (Lipinski definition) is 14. The highest BCUT2D eigenvalue weighted by Gasteiger charge is 2.67. The molecule has 0 spiro atoms. The average molecular weight is 934 g/mol. The van der Waals surface area contributed by atoms with Crippen LogP contribution in [0.2, 0.25) is 18.1 Å². The molecule has 3 aliphatic rings. The fourth-order valence-corrected chi connectivity index (χ4v) is 9.88. The first-order chi connectivity index (χ1) is 28.1. The highest BCUT2D eigenvalue weighted by Crippen LogP contribution is 2.60. The van der Waals surface area contributed by atoms with Crippen LogP contribution in [0.15, 0.2) is 20.5 Å². The van der Waals surface area contributed by atoms with Gasteiger partial charge in [0, 0.05) is 17.1 Å². The van der Waals surface area contributed by atoms with Gasteiger partial charge in [-0.15, -0.1) is 0 Å². The predicted octanol–water partition coefficient (Wildman–Crippen LogP) is 10.3. The molecule has 0 fully saturated rings. The second-order valence-electron chi connectivity index (χ2n) is 20.0. The van der Waals surface area contributed by atoms with Crippen molar-refractivity contribution in [3.8, 4) is 11.6 Å². The molecule has 0 bridgehead atoms. The van der Waals surface area contributed by atoms with E-state index in [0.29, 0.717) is 29.1 Å². The van der Waals surface area contributed by atoms with Crippen molar-refractivity contribution in [2.45, 2.75) is 156 Å². The van der Waals surface area contributed by atoms with Crippen molar-refractivity contribution in [2.24, 2.45) is 11.8 Å². The van der Waals surface area contributed by atoms with Crippen LogP contribution >= 0.6 is 15.9 Å². The van der Waals surface area contributed by atoms with Crippen LogP contribution in [-0.4, -0.2) is 96.3 Å². The van der Waals surface area contributed by atoms with Crippen molar-refractivity contribution in [1.82, 2.24) is 15.0 Å². The van der Waals surface area contributed by atoms with Crippen molar-refractivity contribution in [1.29, 1.82) is 0 Å². The van der Waals surface area contributed by atoms with Gasteiger partial charge in [0.2, 0.25) is 5.78 Å². The van der Waals surface area contributed by atoms with E-state index in [0.717, 1.165) is 12.8 Å². The van der Waals surface area contributed by atoms with Gasteiger partial charge in [-0.2, -0.15) is 4.90 Å². The number of pyridine rings is 1. The average Bonchev–Trinajstić information content (AvgIpc) is 3.52. The second kappa shape index (κ2) is 17.4. The van der Waals surface area contributed by atoms with Crippen LogP contribution in [0, 0.1) is 11.8 Å². The van der Waals surface area contributed by atoms with E-state index in [1.54, 1.807) is 41.5 Å². The summed E-state index contributed by atoms with van der Waals surface area (Å²) in [4.78, 5) is 66.4. The monoisotopic (exact) mass is 932 g/mol. The zero-order valence-corrected chi connectivity index (χ0v) is 41.2. The van der Waals surface area contributed by atoms with Gasteiger partial charge >= 0.3 is 12.2 Å². The summed E-state index contributed by atoms with van der Waals surface area (Å²) in [6, 6.07) is -0.623. The Balaban J connectivity index is 1.84. The van der Waals surface area contributed by atoms with Gasteiger partial charge in [0.1, 0.15) is 27.1 Å². The van der Waals surface area contributed by atoms with E-state index in [4.69, 9.17) is 32.9 Å². The van der Waals surface area contributed by atoms with E-state index in [1.807, 2.05) is 66.7 Å². The van der Waals surface area contributed by atoms with Gasteiger partial charge < -0.3 is 33.0 Å². The first kappa shape index (κ1) is 48.2. The molecule has 2 amide bonds. The Morgan fingerprint density at radius 1 is 0.918 bits per heavy atom. The van der Waals surface area contributed by atoms with E-state index in [-0.39, 0.29) is 64.8 Å². The lowest BCUT2D eigenvalue weighted by atomic mass is 9.58. The third kappa shape index (κ3) is 9.17. The smallest absolute Gasteiger partial charge is 0.425 e. The van der Waals surface area contributed by atoms with Crippen molar-refractivity contribution >= 4 is 53.8 Å². The molecular formula is C44H65BrN4O11Si. The molecule has 0 saturated carbocycles. The number of halogens is 1. The van der Waals surface area contributed by atoms with Crippen LogP contribution in [-0.2, 0) is 20.3 Å². The van der Waals surface area contributed by atoms with Gasteiger partial charge in [-0.3, -0.25) is 14.5 Å². The minimum Gasteiger partial charge on any atom is -0.508 e. The van der Waals surface area contributed by atoms with Crippen molar-refractivity contribution in [2.75, 3.05) is 32.2 Å². The zero-order chi connectivity index (χ0) is 45.8. The van der Waals surface area contributed by atoms with Crippen LogP contribution in [0.5, 0.6) is 11.6 Å². The number of ketones is 2. The Morgan fingerprint density at radius 2 is 1.48 bits per heavy atom. The Morgan fingerprint density at radius 3 is 1.98 bits per heavy atom. The number of carbonyl (C=O) groups is 4. The minimum atomic E-state index is -2.98. The zero-order valence-electron chi connectivity index (χ0n) is 38.6. The SMILES string of the molecule is CCCCOc1noc2c1C(=O)[C@@]1(O[Si](C)(C)C(C)(C)C)C(O)=C3C(=O)c4c(c(Br)nc(N(C(=O)OC(C)(C)C)C(=O)OC(C)(C)C)c4OCCCC)C[C@H]3C[C@H]1[C@@H]2N(C)C. The lowest BCUT2D eigenvalue weighted by Crippen LogP contribution is -2.65. The molecule has 1 N–H and O–H groups in total. The number of anilines is 1. The number of hydrogen-bond donors (Lipinski definition) is 1. The molecular weight excluding hydrogens is 868 g/mol. The minimum absolute atomic E-state index is 0.00725. The standard InChI is InChI=1S/C44H65BrN4O11Si/c1-16-18-20-55-33-28-25(36(45)46-37(33)49(39(53)57-41(3,4)5)40(54)58-42(6,7)8)22-24-23-26-30(48(12)13)32-29(38(47-59-32)56-21-19-17-2)35(52)44(26,34(51)27(24)31(28)50)60-61(14,15)43(9,10)11/h24,26,30,51H,16-23H2,1-15H3/t24-,26-,30-,44-/m0/s1. The number of aromatic nitrogens is 2. The molecule has 3 aliphatic carbocycles. The van der Waals surface area contributed by atoms with Gasteiger partial charge in [-0.25, -0.2) is 14.6 Å². The van der Waals surface area contributed by atoms with Gasteiger partial charge in [0.25, 0.3) is 5.88 Å². The van der Waals surface area contributed by atoms with Crippen LogP contribution < -0.4 is 14.4 Å². The van der Waals surface area contributed by atoms with Gasteiger partial charge in [-0.05, 0) is 126 Å². The molecule has 61 heavy (non-hydrogen) atoms. The molecule has 0 aromatic carbocycles. The summed E-state index contributed by atoms with van der Waals surface area (Å²) >= 11 is 3.59. The number of ether oxygens (including phenoxy) is 4. The number of fused-ring (bicyclic) bond motifs is 4. The summed E-state index contributed by atoms with van der Waals surface area (Å²) in [6.45, 7) is 24.4. The number of Topliss-reactive ketones (excluding diaryl/α,β-unsaturated/α-hetero) is 2. The summed E-state index contributed by atoms with van der Waals surface area (Å²) in [5.74, 6) is -3.29. The first-order valence-electron chi connectivity index (χ1n) is 21.3. The van der Waals surface area contributed by atoms with E-state index in [9.17, 15) is 14.7 Å². The van der Waals surface area contributed by atoms with Crippen molar-refractivity contribution in [3.63, 3.8) is 0 Å². The third-order valence-corrected chi connectivity index (χ3v) is 16.8. The Kier molecular flexibility index (Phi) is 13.8. The second-order valence-corrected chi connectivity index (χ2v) is 25.5. The van der Waals surface area contributed by atoms with Gasteiger partial charge in [-0.1, -0.05) is 47.5 Å². The first-order valence-corrected chi connectivity index (χ1v) is 25.0. The lowest BCUT2D eigenvalue weighted by Gasteiger charge is -2.55. The molecule has 15 nitrogen and oxygen atoms in total. The van der Waals surface area contributed by atoms with Crippen molar-refractivity contribution < 1.29 is 52.2 Å². The van der Waals surface area contributed by atoms with Crippen LogP contribution in [0.4, 0.5) is 15.4 Å². The topological polar surface area (TPSA) is 180 Å². The van der Waals surface area contributed by atoms with E-state index in [2.05, 4.69) is 21.1 Å². The summed E-state index contributed by atoms with van der Waals surface area (Å²) in [6.07, 6.45) is 1.03. The Hall–Kier alpha value is -3.80. The quantitative estimate of drug-likeness (QED) is 0.121. The van der Waals surface area contributed by atoms with Gasteiger partial charge in [0.05, 0.1) is 24.8 Å². The normalized spacial score (nSPS) is 21.7. The molecule has 5 rings (SSSR count). The van der Waals surface area contributed by atoms with E-state index in [1.165, 1.54) is 0 Å². The van der Waals surface area contributed by atoms with E-state index < -0.39 is 77.5 Å². The maximum absolute atomic E-state index is 15.6. The number of nitrogens with zero attached hydrogens (tertiary/aromatic N) is 4. The molecule has 0 saturated heterocycles. The number of amides is 2. The predicted molar refractivity (Wildman–Crippen MR) is 235 cm³/mol. The van der Waals surface area contributed by atoms with Crippen LogP contribution in [0.25, 0.3) is 0 Å². The fourth-order valence-electron chi connectivity index (χ4n) is 7.90. The number of aliphatic hydroxyl groups is 1. The molecule has 0 aliphatic heterocycles. The van der Waals surface area contributed by atoms with Crippen LogP contribution in [0.1, 0.15) is 146 Å². The number of imide groups is 1. The number of rotatable bonds is 12. The maximum Gasteiger partial charge on any atom is 0.425 e. The number of carbonyl (C=O) groups excluding carboxylic acids is 4. The molecule has 2 aromatic rings. The molecule has 2 aromatic heterocycles. The van der Waals surface area contributed by atoms with Gasteiger partial charge in [0.15, 0.2) is 37.0 Å². The highest BCUT2D eigenvalue weighted by atomic mass is 79.9. The largest absolute Gasteiger partial charge is 0.508 e.